The zero-order chi connectivity index (χ0) is 14.4. The van der Waals surface area contributed by atoms with Crippen LogP contribution in [-0.4, -0.2) is 25.8 Å². The first-order valence-electron chi connectivity index (χ1n) is 7.01. The Morgan fingerprint density at radius 3 is 2.90 bits per heavy atom. The summed E-state index contributed by atoms with van der Waals surface area (Å²) >= 11 is 0. The van der Waals surface area contributed by atoms with E-state index < -0.39 is 0 Å². The highest BCUT2D eigenvalue weighted by atomic mass is 16.7. The SMILES string of the molecule is CC(C)CNC(=O)CCNCc1ccc2c(c1)OCO2. The third kappa shape index (κ3) is 4.42. The molecule has 2 N–H and O–H groups in total. The van der Waals surface area contributed by atoms with Crippen molar-refractivity contribution in [3.8, 4) is 11.5 Å². The molecule has 1 aliphatic heterocycles. The highest BCUT2D eigenvalue weighted by Gasteiger charge is 2.12. The first kappa shape index (κ1) is 14.7. The van der Waals surface area contributed by atoms with Gasteiger partial charge in [-0.3, -0.25) is 4.79 Å². The topological polar surface area (TPSA) is 59.6 Å². The summed E-state index contributed by atoms with van der Waals surface area (Å²) < 4.78 is 10.6. The quantitative estimate of drug-likeness (QED) is 0.745. The second kappa shape index (κ2) is 7.14. The Morgan fingerprint density at radius 1 is 1.30 bits per heavy atom. The molecule has 0 aromatic heterocycles. The van der Waals surface area contributed by atoms with Crippen LogP contribution in [0.4, 0.5) is 0 Å². The summed E-state index contributed by atoms with van der Waals surface area (Å²) in [6.45, 7) is 6.58. The van der Waals surface area contributed by atoms with Crippen LogP contribution >= 0.6 is 0 Å². The van der Waals surface area contributed by atoms with E-state index in [-0.39, 0.29) is 5.91 Å². The van der Waals surface area contributed by atoms with Crippen molar-refractivity contribution in [2.45, 2.75) is 26.8 Å². The van der Waals surface area contributed by atoms with Gasteiger partial charge < -0.3 is 20.1 Å². The molecule has 1 heterocycles. The Balaban J connectivity index is 1.65. The lowest BCUT2D eigenvalue weighted by molar-refractivity contribution is -0.121. The van der Waals surface area contributed by atoms with E-state index in [9.17, 15) is 4.79 Å². The molecule has 0 bridgehead atoms. The van der Waals surface area contributed by atoms with Crippen LogP contribution in [0.3, 0.4) is 0 Å². The number of benzene rings is 1. The zero-order valence-electron chi connectivity index (χ0n) is 12.1. The standard InChI is InChI=1S/C15H22N2O3/c1-11(2)8-17-15(18)5-6-16-9-12-3-4-13-14(7-12)20-10-19-13/h3-4,7,11,16H,5-6,8-10H2,1-2H3,(H,17,18). The molecule has 1 aromatic rings. The van der Waals surface area contributed by atoms with Gasteiger partial charge in [0.15, 0.2) is 11.5 Å². The molecule has 5 nitrogen and oxygen atoms in total. The van der Waals surface area contributed by atoms with E-state index in [1.807, 2.05) is 18.2 Å². The highest BCUT2D eigenvalue weighted by Crippen LogP contribution is 2.32. The van der Waals surface area contributed by atoms with E-state index in [0.29, 0.717) is 32.2 Å². The third-order valence-corrected chi connectivity index (χ3v) is 3.00. The number of ether oxygens (including phenoxy) is 2. The average molecular weight is 278 g/mol. The van der Waals surface area contributed by atoms with Crippen molar-refractivity contribution in [1.29, 1.82) is 0 Å². The summed E-state index contributed by atoms with van der Waals surface area (Å²) in [4.78, 5) is 11.5. The maximum Gasteiger partial charge on any atom is 0.231 e. The molecular formula is C15H22N2O3. The summed E-state index contributed by atoms with van der Waals surface area (Å²) in [6, 6.07) is 5.88. The van der Waals surface area contributed by atoms with E-state index in [2.05, 4.69) is 24.5 Å². The normalized spacial score (nSPS) is 12.8. The fourth-order valence-electron chi connectivity index (χ4n) is 1.89. The van der Waals surface area contributed by atoms with Crippen molar-refractivity contribution < 1.29 is 14.3 Å². The van der Waals surface area contributed by atoms with Crippen molar-refractivity contribution >= 4 is 5.91 Å². The first-order chi connectivity index (χ1) is 9.65. The second-order valence-corrected chi connectivity index (χ2v) is 5.31. The van der Waals surface area contributed by atoms with Gasteiger partial charge in [-0.25, -0.2) is 0 Å². The van der Waals surface area contributed by atoms with Crippen molar-refractivity contribution in [3.05, 3.63) is 23.8 Å². The summed E-state index contributed by atoms with van der Waals surface area (Å²) in [5.74, 6) is 2.17. The van der Waals surface area contributed by atoms with Crippen molar-refractivity contribution in [1.82, 2.24) is 10.6 Å². The molecule has 1 aliphatic rings. The monoisotopic (exact) mass is 278 g/mol. The Kier molecular flexibility index (Phi) is 5.24. The van der Waals surface area contributed by atoms with Crippen LogP contribution in [0, 0.1) is 5.92 Å². The van der Waals surface area contributed by atoms with Crippen LogP contribution in [0.15, 0.2) is 18.2 Å². The van der Waals surface area contributed by atoms with E-state index in [1.54, 1.807) is 0 Å². The van der Waals surface area contributed by atoms with Gasteiger partial charge in [-0.05, 0) is 23.6 Å². The molecule has 2 rings (SSSR count). The van der Waals surface area contributed by atoms with Crippen LogP contribution in [-0.2, 0) is 11.3 Å². The molecular weight excluding hydrogens is 256 g/mol. The summed E-state index contributed by atoms with van der Waals surface area (Å²) in [6.07, 6.45) is 0.497. The van der Waals surface area contributed by atoms with Gasteiger partial charge in [0.05, 0.1) is 0 Å². The fourth-order valence-corrected chi connectivity index (χ4v) is 1.89. The predicted molar refractivity (Wildman–Crippen MR) is 76.7 cm³/mol. The van der Waals surface area contributed by atoms with Gasteiger partial charge in [-0.2, -0.15) is 0 Å². The summed E-state index contributed by atoms with van der Waals surface area (Å²) in [5, 5.41) is 6.15. The van der Waals surface area contributed by atoms with Crippen LogP contribution < -0.4 is 20.1 Å². The number of nitrogens with one attached hydrogen (secondary N) is 2. The lowest BCUT2D eigenvalue weighted by Crippen LogP contribution is -2.30. The minimum Gasteiger partial charge on any atom is -0.454 e. The van der Waals surface area contributed by atoms with Crippen molar-refractivity contribution in [2.75, 3.05) is 19.9 Å². The molecule has 0 unspecified atom stereocenters. The Morgan fingerprint density at radius 2 is 2.10 bits per heavy atom. The number of hydrogen-bond acceptors (Lipinski definition) is 4. The zero-order valence-corrected chi connectivity index (χ0v) is 12.1. The molecule has 0 radical (unpaired) electrons. The number of carbonyl (C=O) groups excluding carboxylic acids is 1. The Hall–Kier alpha value is -1.75. The molecule has 0 spiro atoms. The number of rotatable bonds is 7. The second-order valence-electron chi connectivity index (χ2n) is 5.31. The molecule has 1 amide bonds. The van der Waals surface area contributed by atoms with Crippen LogP contribution in [0.25, 0.3) is 0 Å². The van der Waals surface area contributed by atoms with Gasteiger partial charge in [0.25, 0.3) is 0 Å². The maximum absolute atomic E-state index is 11.5. The number of hydrogen-bond donors (Lipinski definition) is 2. The van der Waals surface area contributed by atoms with Gasteiger partial charge in [0, 0.05) is 26.1 Å². The molecule has 0 aliphatic carbocycles. The van der Waals surface area contributed by atoms with Gasteiger partial charge >= 0.3 is 0 Å². The number of fused-ring (bicyclic) bond motifs is 1. The van der Waals surface area contributed by atoms with Crippen molar-refractivity contribution in [2.24, 2.45) is 5.92 Å². The number of carbonyl (C=O) groups is 1. The van der Waals surface area contributed by atoms with Crippen LogP contribution in [0.2, 0.25) is 0 Å². The minimum absolute atomic E-state index is 0.0943. The van der Waals surface area contributed by atoms with Crippen molar-refractivity contribution in [3.63, 3.8) is 0 Å². The first-order valence-corrected chi connectivity index (χ1v) is 7.01. The fraction of sp³-hybridized carbons (Fsp3) is 0.533. The Bertz CT molecular complexity index is 460. The van der Waals surface area contributed by atoms with Gasteiger partial charge in [-0.1, -0.05) is 19.9 Å². The lowest BCUT2D eigenvalue weighted by atomic mass is 10.2. The summed E-state index contributed by atoms with van der Waals surface area (Å²) in [5.41, 5.74) is 1.12. The van der Waals surface area contributed by atoms with E-state index in [4.69, 9.17) is 9.47 Å². The molecule has 0 atom stereocenters. The molecule has 0 fully saturated rings. The summed E-state index contributed by atoms with van der Waals surface area (Å²) in [7, 11) is 0. The van der Waals surface area contributed by atoms with E-state index >= 15 is 0 Å². The molecule has 5 heteroatoms. The molecule has 0 saturated carbocycles. The van der Waals surface area contributed by atoms with Crippen LogP contribution in [0.5, 0.6) is 11.5 Å². The third-order valence-electron chi connectivity index (χ3n) is 3.00. The largest absolute Gasteiger partial charge is 0.454 e. The van der Waals surface area contributed by atoms with Crippen LogP contribution in [0.1, 0.15) is 25.8 Å². The highest BCUT2D eigenvalue weighted by molar-refractivity contribution is 5.76. The molecule has 0 saturated heterocycles. The maximum atomic E-state index is 11.5. The van der Waals surface area contributed by atoms with Gasteiger partial charge in [0.2, 0.25) is 12.7 Å². The Labute approximate surface area is 119 Å². The molecule has 20 heavy (non-hydrogen) atoms. The smallest absolute Gasteiger partial charge is 0.231 e. The van der Waals surface area contributed by atoms with Gasteiger partial charge in [0.1, 0.15) is 0 Å². The average Bonchev–Trinajstić information content (AvgIpc) is 2.88. The van der Waals surface area contributed by atoms with Gasteiger partial charge in [-0.15, -0.1) is 0 Å². The minimum atomic E-state index is 0.0943. The molecule has 110 valence electrons. The number of amides is 1. The van der Waals surface area contributed by atoms with E-state index in [1.165, 1.54) is 0 Å². The molecule has 1 aromatic carbocycles. The van der Waals surface area contributed by atoms with E-state index in [0.717, 1.165) is 23.6 Å². The lowest BCUT2D eigenvalue weighted by Gasteiger charge is -2.08. The predicted octanol–water partition coefficient (Wildman–Crippen LogP) is 1.67.